The lowest BCUT2D eigenvalue weighted by Crippen LogP contribution is -2.07. The molecule has 0 aliphatic rings. The van der Waals surface area contributed by atoms with Crippen LogP contribution in [0.2, 0.25) is 0 Å². The summed E-state index contributed by atoms with van der Waals surface area (Å²) in [5, 5.41) is 0. The maximum absolute atomic E-state index is 12.0. The lowest BCUT2D eigenvalue weighted by molar-refractivity contribution is 0.106. The average molecular weight is 250 g/mol. The van der Waals surface area contributed by atoms with E-state index in [2.05, 4.69) is 6.92 Å². The molecule has 0 bridgehead atoms. The van der Waals surface area contributed by atoms with Crippen LogP contribution in [0.25, 0.3) is 0 Å². The van der Waals surface area contributed by atoms with Crippen molar-refractivity contribution in [3.8, 4) is 0 Å². The zero-order valence-electron chi connectivity index (χ0n) is 10.6. The van der Waals surface area contributed by atoms with Crippen molar-refractivity contribution in [1.82, 2.24) is 0 Å². The topological polar surface area (TPSA) is 44.8 Å². The van der Waals surface area contributed by atoms with Gasteiger partial charge in [-0.05, 0) is 27.2 Å². The Hall–Kier alpha value is -0.150. The maximum atomic E-state index is 12.0. The molecule has 0 heterocycles. The molecule has 0 amide bonds. The van der Waals surface area contributed by atoms with E-state index in [0.29, 0.717) is 13.2 Å². The van der Waals surface area contributed by atoms with Crippen LogP contribution >= 0.6 is 7.82 Å². The Bertz CT molecular complexity index is 230. The molecule has 0 aliphatic carbocycles. The summed E-state index contributed by atoms with van der Waals surface area (Å²) in [4.78, 5) is 0. The molecule has 1 unspecified atom stereocenters. The van der Waals surface area contributed by atoms with Crippen LogP contribution in [0.5, 0.6) is 0 Å². The molecule has 0 radical (unpaired) electrons. The third-order valence-corrected chi connectivity index (χ3v) is 3.47. The van der Waals surface area contributed by atoms with Gasteiger partial charge in [-0.25, -0.2) is 4.57 Å². The van der Waals surface area contributed by atoms with E-state index in [9.17, 15) is 4.57 Å². The molecular weight excluding hydrogens is 227 g/mol. The van der Waals surface area contributed by atoms with Gasteiger partial charge in [-0.15, -0.1) is 0 Å². The van der Waals surface area contributed by atoms with Crippen LogP contribution in [0.4, 0.5) is 0 Å². The number of unbranched alkanes of at least 4 members (excludes halogenated alkanes) is 1. The Kier molecular flexibility index (Phi) is 8.86. The third kappa shape index (κ3) is 7.18. The van der Waals surface area contributed by atoms with Crippen LogP contribution in [-0.2, 0) is 18.1 Å². The van der Waals surface area contributed by atoms with Gasteiger partial charge in [0.1, 0.15) is 0 Å². The van der Waals surface area contributed by atoms with E-state index in [0.717, 1.165) is 12.8 Å². The number of phosphoric acid groups is 1. The van der Waals surface area contributed by atoms with Crippen LogP contribution in [-0.4, -0.2) is 19.3 Å². The SMILES string of the molecule is CCC/C=C/C(C)OP(=O)(OCC)OCC. The minimum atomic E-state index is -3.38. The van der Waals surface area contributed by atoms with Gasteiger partial charge >= 0.3 is 7.82 Å². The molecule has 16 heavy (non-hydrogen) atoms. The normalized spacial score (nSPS) is 14.5. The number of phosphoric ester groups is 1. The maximum Gasteiger partial charge on any atom is 0.475 e. The molecular formula is C11H23O4P. The van der Waals surface area contributed by atoms with E-state index in [-0.39, 0.29) is 6.10 Å². The Balaban J connectivity index is 4.22. The van der Waals surface area contributed by atoms with Crippen molar-refractivity contribution in [2.75, 3.05) is 13.2 Å². The van der Waals surface area contributed by atoms with E-state index in [1.807, 2.05) is 19.1 Å². The molecule has 5 heteroatoms. The molecule has 96 valence electrons. The third-order valence-electron chi connectivity index (χ3n) is 1.73. The first kappa shape index (κ1) is 15.9. The fraction of sp³-hybridized carbons (Fsp3) is 0.818. The number of rotatable bonds is 9. The predicted molar refractivity (Wildman–Crippen MR) is 65.5 cm³/mol. The van der Waals surface area contributed by atoms with E-state index in [4.69, 9.17) is 13.6 Å². The van der Waals surface area contributed by atoms with Crippen LogP contribution in [0.15, 0.2) is 12.2 Å². The minimum Gasteiger partial charge on any atom is -0.287 e. The highest BCUT2D eigenvalue weighted by Crippen LogP contribution is 2.50. The van der Waals surface area contributed by atoms with Crippen molar-refractivity contribution in [3.05, 3.63) is 12.2 Å². The van der Waals surface area contributed by atoms with Gasteiger partial charge in [-0.3, -0.25) is 13.6 Å². The van der Waals surface area contributed by atoms with Crippen LogP contribution in [0.1, 0.15) is 40.5 Å². The Labute approximate surface area is 98.6 Å². The van der Waals surface area contributed by atoms with Crippen molar-refractivity contribution in [2.45, 2.75) is 46.6 Å². The molecule has 0 rings (SSSR count). The van der Waals surface area contributed by atoms with Crippen molar-refractivity contribution >= 4 is 7.82 Å². The van der Waals surface area contributed by atoms with Gasteiger partial charge in [0.15, 0.2) is 0 Å². The zero-order valence-corrected chi connectivity index (χ0v) is 11.5. The quantitative estimate of drug-likeness (QED) is 0.459. The molecule has 0 aromatic rings. The highest BCUT2D eigenvalue weighted by molar-refractivity contribution is 7.48. The molecule has 0 aromatic carbocycles. The summed E-state index contributed by atoms with van der Waals surface area (Å²) in [5.74, 6) is 0. The fourth-order valence-corrected chi connectivity index (χ4v) is 2.41. The first-order chi connectivity index (χ1) is 7.58. The van der Waals surface area contributed by atoms with E-state index in [1.54, 1.807) is 13.8 Å². The number of hydrogen-bond donors (Lipinski definition) is 0. The Morgan fingerprint density at radius 1 is 1.19 bits per heavy atom. The van der Waals surface area contributed by atoms with Crippen LogP contribution < -0.4 is 0 Å². The molecule has 0 saturated heterocycles. The minimum absolute atomic E-state index is 0.268. The lowest BCUT2D eigenvalue weighted by atomic mass is 10.3. The summed E-state index contributed by atoms with van der Waals surface area (Å²) >= 11 is 0. The van der Waals surface area contributed by atoms with Gasteiger partial charge in [0.05, 0.1) is 19.3 Å². The van der Waals surface area contributed by atoms with Crippen LogP contribution in [0.3, 0.4) is 0 Å². The van der Waals surface area contributed by atoms with Gasteiger partial charge in [0.2, 0.25) is 0 Å². The zero-order chi connectivity index (χ0) is 12.4. The summed E-state index contributed by atoms with van der Waals surface area (Å²) in [6.07, 6.45) is 5.68. The van der Waals surface area contributed by atoms with E-state index < -0.39 is 7.82 Å². The molecule has 0 aromatic heterocycles. The second kappa shape index (κ2) is 8.94. The summed E-state index contributed by atoms with van der Waals surface area (Å²) in [6.45, 7) is 8.04. The monoisotopic (exact) mass is 250 g/mol. The van der Waals surface area contributed by atoms with Gasteiger partial charge in [0, 0.05) is 0 Å². The standard InChI is InChI=1S/C11H23O4P/c1-5-8-9-10-11(4)15-16(12,13-6-2)14-7-3/h9-11H,5-8H2,1-4H3/b10-9+. The van der Waals surface area contributed by atoms with Gasteiger partial charge in [0.25, 0.3) is 0 Å². The molecule has 1 atom stereocenters. The van der Waals surface area contributed by atoms with Crippen LogP contribution in [0, 0.1) is 0 Å². The number of allylic oxidation sites excluding steroid dienone is 1. The van der Waals surface area contributed by atoms with E-state index >= 15 is 0 Å². The Morgan fingerprint density at radius 2 is 1.75 bits per heavy atom. The van der Waals surface area contributed by atoms with E-state index in [1.165, 1.54) is 0 Å². The summed E-state index contributed by atoms with van der Waals surface area (Å²) in [6, 6.07) is 0. The first-order valence-electron chi connectivity index (χ1n) is 5.82. The van der Waals surface area contributed by atoms with Gasteiger partial charge in [-0.2, -0.15) is 0 Å². The molecule has 0 fully saturated rings. The molecule has 4 nitrogen and oxygen atoms in total. The van der Waals surface area contributed by atoms with Gasteiger partial charge < -0.3 is 0 Å². The molecule has 0 saturated carbocycles. The lowest BCUT2D eigenvalue weighted by Gasteiger charge is -2.18. The number of hydrogen-bond acceptors (Lipinski definition) is 4. The van der Waals surface area contributed by atoms with Crippen molar-refractivity contribution in [2.24, 2.45) is 0 Å². The first-order valence-corrected chi connectivity index (χ1v) is 7.28. The van der Waals surface area contributed by atoms with Crippen molar-refractivity contribution in [1.29, 1.82) is 0 Å². The second-order valence-corrected chi connectivity index (χ2v) is 4.93. The smallest absolute Gasteiger partial charge is 0.287 e. The highest BCUT2D eigenvalue weighted by Gasteiger charge is 2.27. The Morgan fingerprint density at radius 3 is 2.19 bits per heavy atom. The van der Waals surface area contributed by atoms with Crippen molar-refractivity contribution < 1.29 is 18.1 Å². The second-order valence-electron chi connectivity index (χ2n) is 3.31. The van der Waals surface area contributed by atoms with Crippen molar-refractivity contribution in [3.63, 3.8) is 0 Å². The average Bonchev–Trinajstić information content (AvgIpc) is 2.18. The highest BCUT2D eigenvalue weighted by atomic mass is 31.2. The predicted octanol–water partition coefficient (Wildman–Crippen LogP) is 3.93. The molecule has 0 N–H and O–H groups in total. The summed E-state index contributed by atoms with van der Waals surface area (Å²) in [5.41, 5.74) is 0. The summed E-state index contributed by atoms with van der Waals surface area (Å²) in [7, 11) is -3.38. The van der Waals surface area contributed by atoms with Gasteiger partial charge in [-0.1, -0.05) is 25.5 Å². The summed E-state index contributed by atoms with van der Waals surface area (Å²) < 4.78 is 27.3. The fourth-order valence-electron chi connectivity index (χ4n) is 1.11. The molecule has 0 aliphatic heterocycles. The molecule has 0 spiro atoms. The largest absolute Gasteiger partial charge is 0.475 e.